The summed E-state index contributed by atoms with van der Waals surface area (Å²) in [6.07, 6.45) is 6.47. The Morgan fingerprint density at radius 1 is 0.811 bits per heavy atom. The molecule has 19 heteroatoms. The van der Waals surface area contributed by atoms with Gasteiger partial charge in [0.05, 0.1) is 31.0 Å². The summed E-state index contributed by atoms with van der Waals surface area (Å²) in [5, 5.41) is 11.2. The molecule has 3 N–H and O–H groups in total. The minimum atomic E-state index is -0.813. The van der Waals surface area contributed by atoms with Crippen LogP contribution in [0.25, 0.3) is 0 Å². The Bertz CT molecular complexity index is 1750. The van der Waals surface area contributed by atoms with E-state index in [1.807, 2.05) is 16.8 Å². The van der Waals surface area contributed by atoms with E-state index in [0.29, 0.717) is 61.5 Å². The number of ether oxygens (including phenoxy) is 3. The number of rotatable bonds is 8. The molecular weight excluding hydrogens is 743 g/mol. The summed E-state index contributed by atoms with van der Waals surface area (Å²) in [6.45, 7) is 5.35. The number of aryl methyl sites for hydroxylation is 2. The summed E-state index contributed by atoms with van der Waals surface area (Å²) in [5.74, 6) is 4.12. The first-order chi connectivity index (χ1) is 25.7. The molecule has 4 fully saturated rings. The van der Waals surface area contributed by atoms with E-state index in [4.69, 9.17) is 29.2 Å². The molecule has 0 saturated carbocycles. The van der Waals surface area contributed by atoms with Crippen LogP contribution in [0.2, 0.25) is 0 Å². The highest BCUT2D eigenvalue weighted by Crippen LogP contribution is 2.38. The predicted octanol–water partition coefficient (Wildman–Crippen LogP) is 1.88. The first-order valence-corrected chi connectivity index (χ1v) is 21.8. The lowest BCUT2D eigenvalue weighted by Crippen LogP contribution is -2.54. The maximum Gasteiger partial charge on any atom is 0.341 e. The van der Waals surface area contributed by atoms with Crippen LogP contribution in [0.3, 0.4) is 0 Å². The molecule has 9 heterocycles. The number of fused-ring (bicyclic) bond motifs is 2. The number of carbonyl (C=O) groups is 1. The Balaban J connectivity index is 0.000000156. The summed E-state index contributed by atoms with van der Waals surface area (Å²) in [7, 11) is 4.11. The van der Waals surface area contributed by atoms with Gasteiger partial charge in [0.15, 0.2) is 45.5 Å². The molecule has 4 saturated heterocycles. The summed E-state index contributed by atoms with van der Waals surface area (Å²) >= 11 is -0.343. The second kappa shape index (κ2) is 16.0. The first-order valence-electron chi connectivity index (χ1n) is 18.2. The van der Waals surface area contributed by atoms with Gasteiger partial charge in [0.25, 0.3) is 9.79 Å². The van der Waals surface area contributed by atoms with Gasteiger partial charge >= 0.3 is 5.97 Å². The molecule has 3 aromatic rings. The van der Waals surface area contributed by atoms with Gasteiger partial charge in [0, 0.05) is 83.9 Å². The lowest BCUT2D eigenvalue weighted by Gasteiger charge is -2.39. The van der Waals surface area contributed by atoms with Crippen molar-refractivity contribution in [1.29, 1.82) is 0 Å². The number of β-amino-alcohol motifs (C(OH)–C–C–N with tert-alkyl or cyclic N) is 1. The molecule has 286 valence electrons. The van der Waals surface area contributed by atoms with E-state index >= 15 is 0 Å². The van der Waals surface area contributed by atoms with Gasteiger partial charge in [0.1, 0.15) is 17.5 Å². The van der Waals surface area contributed by atoms with Crippen molar-refractivity contribution >= 4 is 63.4 Å². The molecule has 6 aliphatic heterocycles. The highest BCUT2D eigenvalue weighted by atomic mass is 32.2. The van der Waals surface area contributed by atoms with Crippen LogP contribution in [-0.2, 0) is 49.4 Å². The minimum Gasteiger partial charge on any atom is -0.455 e. The van der Waals surface area contributed by atoms with Gasteiger partial charge in [0.2, 0.25) is 11.9 Å². The molecule has 3 aromatic heterocycles. The van der Waals surface area contributed by atoms with Crippen LogP contribution in [-0.4, -0.2) is 147 Å². The molecule has 16 nitrogen and oxygen atoms in total. The topological polar surface area (TPSA) is 183 Å². The second-order valence-corrected chi connectivity index (χ2v) is 17.9. The largest absolute Gasteiger partial charge is 0.455 e. The molecule has 6 aliphatic rings. The monoisotopic (exact) mass is 789 g/mol. The van der Waals surface area contributed by atoms with Gasteiger partial charge in [-0.25, -0.2) is 19.1 Å². The number of hydrogen-bond acceptors (Lipinski definition) is 17. The van der Waals surface area contributed by atoms with Crippen LogP contribution in [0.15, 0.2) is 21.4 Å². The number of hydrogen-bond donors (Lipinski definition) is 3. The fraction of sp³-hybridized carbons (Fsp3) is 0.647. The van der Waals surface area contributed by atoms with Crippen molar-refractivity contribution in [3.63, 3.8) is 0 Å². The highest BCUT2D eigenvalue weighted by Gasteiger charge is 2.43. The zero-order chi connectivity index (χ0) is 36.6. The number of carbonyl (C=O) groups excluding carboxylic acids is 1. The zero-order valence-corrected chi connectivity index (χ0v) is 32.5. The third-order valence-corrected chi connectivity index (χ3v) is 14.3. The number of aliphatic hydroxyl groups excluding tert-OH is 1. The summed E-state index contributed by atoms with van der Waals surface area (Å²) in [5.41, 5.74) is 2.39. The number of aliphatic hydroxyl groups is 1. The maximum atomic E-state index is 12.1. The molecule has 0 bridgehead atoms. The summed E-state index contributed by atoms with van der Waals surface area (Å²) in [4.78, 5) is 41.3. The molecule has 0 amide bonds. The number of anilines is 4. The number of esters is 1. The second-order valence-electron chi connectivity index (χ2n) is 14.2. The smallest absolute Gasteiger partial charge is 0.341 e. The summed E-state index contributed by atoms with van der Waals surface area (Å²) in [6, 6.07) is 0.725. The maximum absolute atomic E-state index is 12.1. The van der Waals surface area contributed by atoms with E-state index in [1.54, 1.807) is 5.38 Å². The standard InChI is InChI=1S/C19H24N5O4S2.C15H23N4O3S/c1-23(13-2-5-27-6-3-13)17-16-15(4-7-30(16)26)21-19(22-17)24-9-14(10-24)28-18(25)12-8-20-29-11-12;1-18(10-2-5-22-6-3-10)14-13-12(4-7-23(13)21)16-15(17-14)19-8-11(20)9-19/h8,11,13-14,26H,2-7,9-10H2,1H3;10-11,20-21H,2-9H2,1H3/q2*+1. The van der Waals surface area contributed by atoms with Crippen LogP contribution >= 0.6 is 11.5 Å². The van der Waals surface area contributed by atoms with Crippen LogP contribution in [0.1, 0.15) is 47.4 Å². The van der Waals surface area contributed by atoms with E-state index < -0.39 is 22.4 Å². The fourth-order valence-corrected chi connectivity index (χ4v) is 10.8. The SMILES string of the molecule is CN(c1nc(N2CC(O)C2)nc2c1[S+](O)CC2)C1CCOCC1.CN(c1nc(N2CC(OC(=O)c3cnsc3)C2)nc2c1[S+](O)CC2)C1CCOCC1. The van der Waals surface area contributed by atoms with Crippen molar-refractivity contribution in [2.24, 2.45) is 0 Å². The van der Waals surface area contributed by atoms with Crippen LogP contribution in [0.4, 0.5) is 23.5 Å². The van der Waals surface area contributed by atoms with E-state index in [0.717, 1.165) is 104 Å². The van der Waals surface area contributed by atoms with E-state index in [9.17, 15) is 19.0 Å². The van der Waals surface area contributed by atoms with Crippen molar-refractivity contribution in [1.82, 2.24) is 24.3 Å². The average molecular weight is 790 g/mol. The molecule has 0 spiro atoms. The van der Waals surface area contributed by atoms with Crippen molar-refractivity contribution in [2.45, 2.75) is 72.6 Å². The van der Waals surface area contributed by atoms with E-state index in [-0.39, 0.29) is 18.2 Å². The van der Waals surface area contributed by atoms with E-state index in [1.165, 1.54) is 17.7 Å². The zero-order valence-electron chi connectivity index (χ0n) is 30.0. The molecule has 53 heavy (non-hydrogen) atoms. The van der Waals surface area contributed by atoms with Crippen molar-refractivity contribution in [2.75, 3.05) is 97.8 Å². The first kappa shape index (κ1) is 36.9. The molecular formula is C34H47N9O7S3+2. The molecule has 9 rings (SSSR count). The molecule has 0 aromatic carbocycles. The average Bonchev–Trinajstić information content (AvgIpc) is 3.92. The van der Waals surface area contributed by atoms with Gasteiger partial charge < -0.3 is 38.9 Å². The highest BCUT2D eigenvalue weighted by molar-refractivity contribution is 7.92. The Hall–Kier alpha value is -3.04. The van der Waals surface area contributed by atoms with Gasteiger partial charge in [-0.2, -0.15) is 19.1 Å². The van der Waals surface area contributed by atoms with Gasteiger partial charge in [-0.15, -0.1) is 0 Å². The van der Waals surface area contributed by atoms with Crippen molar-refractivity contribution < 1.29 is 33.2 Å². The van der Waals surface area contributed by atoms with Crippen molar-refractivity contribution in [3.8, 4) is 0 Å². The lowest BCUT2D eigenvalue weighted by atomic mass is 10.1. The van der Waals surface area contributed by atoms with Gasteiger partial charge in [-0.1, -0.05) is 0 Å². The minimum absolute atomic E-state index is 0.182. The Morgan fingerprint density at radius 2 is 1.30 bits per heavy atom. The quantitative estimate of drug-likeness (QED) is 0.222. The Morgan fingerprint density at radius 3 is 1.75 bits per heavy atom. The lowest BCUT2D eigenvalue weighted by molar-refractivity contribution is 0.0231. The molecule has 0 radical (unpaired) electrons. The van der Waals surface area contributed by atoms with Gasteiger partial charge in [-0.3, -0.25) is 0 Å². The van der Waals surface area contributed by atoms with Crippen molar-refractivity contribution in [3.05, 3.63) is 28.5 Å². The Kier molecular flexibility index (Phi) is 11.1. The van der Waals surface area contributed by atoms with Gasteiger partial charge in [-0.05, 0) is 37.2 Å². The van der Waals surface area contributed by atoms with Crippen LogP contribution < -0.4 is 19.6 Å². The molecule has 2 atom stereocenters. The van der Waals surface area contributed by atoms with Crippen LogP contribution in [0, 0.1) is 0 Å². The third-order valence-electron chi connectivity index (χ3n) is 10.7. The van der Waals surface area contributed by atoms with Crippen LogP contribution in [0.5, 0.6) is 0 Å². The normalized spacial score (nSPS) is 23.4. The third kappa shape index (κ3) is 7.76. The molecule has 2 unspecified atom stereocenters. The molecule has 0 aliphatic carbocycles. The summed E-state index contributed by atoms with van der Waals surface area (Å²) < 4.78 is 41.4. The van der Waals surface area contributed by atoms with E-state index in [2.05, 4.69) is 26.2 Å². The number of aromatic nitrogens is 5. The predicted molar refractivity (Wildman–Crippen MR) is 204 cm³/mol. The fourth-order valence-electron chi connectivity index (χ4n) is 7.43. The Labute approximate surface area is 318 Å². The number of nitrogens with zero attached hydrogens (tertiary/aromatic N) is 9.